The highest BCUT2D eigenvalue weighted by molar-refractivity contribution is 7.91. The van der Waals surface area contributed by atoms with E-state index in [9.17, 15) is 73.8 Å². The monoisotopic (exact) mass is 2130 g/mol. The second-order valence-electron chi connectivity index (χ2n) is 32.0. The normalized spacial score (nSPS) is 16.8. The van der Waals surface area contributed by atoms with Crippen LogP contribution in [0, 0.1) is 0 Å². The van der Waals surface area contributed by atoms with E-state index in [-0.39, 0.29) is 129 Å². The Kier molecular flexibility index (Phi) is 54.4. The Bertz CT molecular complexity index is 5210. The molecular weight excluding hydrogens is 2000 g/mol. The van der Waals surface area contributed by atoms with Crippen LogP contribution in [0.1, 0.15) is 127 Å². The van der Waals surface area contributed by atoms with Crippen molar-refractivity contribution in [3.63, 3.8) is 0 Å². The van der Waals surface area contributed by atoms with Gasteiger partial charge in [0, 0.05) is 172 Å². The SMILES string of the molecule is CCOCCCC(=O)C(O)C(O)C(=O)NCCOCCOCCOCCNS(=O)(=O)c1ccc([C@@H]2CN(C)Cc3c(Cl)cc(Cl)cc32)cc1.CCOCCOCCCS(=O)(=O)c1ccc([C@@H]2CN(C)Cc3c(Cl)cc(Cl)cc32)cc1.CN1Cc2c(Cl)cc(Cl)cc2[C@H](c2ccc(S(=O)(=O)NCCOCCOCCOCCN)cc2)C1.O=C(O)C(O)C(O)C(=O)O.O=C1CCC(=O)N1.O=C1CCC(=O)N1. The Balaban J connectivity index is 0.000000289. The average Bonchev–Trinajstić information content (AvgIpc) is 1.13. The number of sulfone groups is 1. The third kappa shape index (κ3) is 42.4. The molecule has 5 aliphatic heterocycles. The molecule has 4 unspecified atom stereocenters. The van der Waals surface area contributed by atoms with Crippen molar-refractivity contribution in [3.8, 4) is 0 Å². The number of aliphatic hydroxyl groups is 4. The number of nitrogens with two attached hydrogens (primary N) is 1. The van der Waals surface area contributed by atoms with Gasteiger partial charge in [-0.2, -0.15) is 0 Å². The summed E-state index contributed by atoms with van der Waals surface area (Å²) in [5.74, 6) is -5.43. The maximum atomic E-state index is 12.8. The van der Waals surface area contributed by atoms with Crippen LogP contribution in [0.5, 0.6) is 0 Å². The lowest BCUT2D eigenvalue weighted by Crippen LogP contribution is -2.46. The molecule has 0 aromatic heterocycles. The highest BCUT2D eigenvalue weighted by Crippen LogP contribution is 2.42. The quantitative estimate of drug-likeness (QED) is 0.0143. The van der Waals surface area contributed by atoms with E-state index in [1.807, 2.05) is 82.5 Å². The summed E-state index contributed by atoms with van der Waals surface area (Å²) in [6.45, 7) is 15.9. The van der Waals surface area contributed by atoms with Gasteiger partial charge in [-0.1, -0.05) is 106 Å². The molecular formula is C92H125Cl6N9O29S3. The van der Waals surface area contributed by atoms with Crippen LogP contribution in [0.25, 0.3) is 0 Å². The topological polar surface area (TPSA) is 539 Å². The van der Waals surface area contributed by atoms with Crippen molar-refractivity contribution in [3.05, 3.63) is 189 Å². The number of carboxylic acids is 2. The van der Waals surface area contributed by atoms with Crippen LogP contribution in [0.15, 0.2) is 124 Å². The maximum absolute atomic E-state index is 12.8. The van der Waals surface area contributed by atoms with E-state index in [2.05, 4.69) is 47.1 Å². The predicted molar refractivity (Wildman–Crippen MR) is 519 cm³/mol. The number of halogens is 6. The lowest BCUT2D eigenvalue weighted by atomic mass is 9.85. The molecule has 13 N–H and O–H groups in total. The Morgan fingerprint density at radius 1 is 0.410 bits per heavy atom. The van der Waals surface area contributed by atoms with Gasteiger partial charge >= 0.3 is 11.9 Å². The van der Waals surface area contributed by atoms with Crippen LogP contribution in [0.4, 0.5) is 0 Å². The van der Waals surface area contributed by atoms with E-state index in [4.69, 9.17) is 138 Å². The van der Waals surface area contributed by atoms with Crippen LogP contribution in [-0.4, -0.2) is 334 Å². The molecule has 2 fully saturated rings. The first kappa shape index (κ1) is 120. The number of Topliss-reactive ketones (excluding diaryl/α,β-unsaturated/α-hetero) is 1. The fraction of sp³-hybridized carbons (Fsp3) is 0.522. The number of benzene rings is 6. The lowest BCUT2D eigenvalue weighted by Gasteiger charge is -2.33. The second kappa shape index (κ2) is 62.9. The summed E-state index contributed by atoms with van der Waals surface area (Å²) in [4.78, 5) is 91.2. The van der Waals surface area contributed by atoms with E-state index in [0.29, 0.717) is 159 Å². The smallest absolute Gasteiger partial charge is 0.335 e. The zero-order valence-electron chi connectivity index (χ0n) is 77.9. The van der Waals surface area contributed by atoms with Gasteiger partial charge in [0.1, 0.15) is 6.10 Å². The highest BCUT2D eigenvalue weighted by Gasteiger charge is 2.34. The maximum Gasteiger partial charge on any atom is 0.335 e. The van der Waals surface area contributed by atoms with Crippen LogP contribution < -0.4 is 31.1 Å². The third-order valence-corrected chi connectivity index (χ3v) is 27.7. The van der Waals surface area contributed by atoms with Gasteiger partial charge in [-0.3, -0.25) is 39.4 Å². The number of fused-ring (bicyclic) bond motifs is 3. The lowest BCUT2D eigenvalue weighted by molar-refractivity contribution is -0.165. The molecule has 38 nitrogen and oxygen atoms in total. The van der Waals surface area contributed by atoms with Crippen molar-refractivity contribution in [1.82, 2.24) is 40.1 Å². The number of hydrogen-bond donors (Lipinski definition) is 12. The van der Waals surface area contributed by atoms with Gasteiger partial charge in [-0.15, -0.1) is 0 Å². The minimum absolute atomic E-state index is 0.00285. The summed E-state index contributed by atoms with van der Waals surface area (Å²) in [6.07, 6.45) is -5.86. The predicted octanol–water partition coefficient (Wildman–Crippen LogP) is 6.49. The summed E-state index contributed by atoms with van der Waals surface area (Å²) in [6, 6.07) is 32.1. The van der Waals surface area contributed by atoms with E-state index in [0.717, 1.165) is 82.8 Å². The number of rotatable bonds is 50. The first-order valence-corrected chi connectivity index (χ1v) is 51.5. The first-order valence-electron chi connectivity index (χ1n) is 44.7. The zero-order chi connectivity index (χ0) is 102. The number of hydrogen-bond acceptors (Lipinski definition) is 31. The Morgan fingerprint density at radius 3 is 1.04 bits per heavy atom. The van der Waals surface area contributed by atoms with Gasteiger partial charge in [0.25, 0.3) is 5.91 Å². The number of nitrogens with zero attached hydrogens (tertiary/aromatic N) is 3. The molecule has 2 saturated heterocycles. The van der Waals surface area contributed by atoms with Crippen molar-refractivity contribution in [2.45, 2.75) is 135 Å². The van der Waals surface area contributed by atoms with Gasteiger partial charge in [-0.05, 0) is 171 Å². The van der Waals surface area contributed by atoms with Crippen molar-refractivity contribution in [2.24, 2.45) is 5.73 Å². The number of nitrogens with one attached hydrogen (secondary N) is 5. The minimum atomic E-state index is -3.73. The minimum Gasteiger partial charge on any atom is -0.479 e. The molecule has 5 aliphatic rings. The summed E-state index contributed by atoms with van der Waals surface area (Å²) in [5, 5.41) is 62.7. The summed E-state index contributed by atoms with van der Waals surface area (Å²) in [5.41, 5.74) is 14.7. The Hall–Kier alpha value is -7.49. The first-order chi connectivity index (χ1) is 66.1. The molecule has 6 aromatic carbocycles. The summed E-state index contributed by atoms with van der Waals surface area (Å²) < 4.78 is 129. The number of carboxylic acid groups (broad SMARTS) is 2. The molecule has 0 bridgehead atoms. The number of carbonyl (C=O) groups is 8. The summed E-state index contributed by atoms with van der Waals surface area (Å²) in [7, 11) is -4.62. The number of ketones is 1. The Morgan fingerprint density at radius 2 is 0.712 bits per heavy atom. The molecule has 139 heavy (non-hydrogen) atoms. The van der Waals surface area contributed by atoms with Crippen LogP contribution in [0.2, 0.25) is 30.1 Å². The molecule has 0 aliphatic carbocycles. The zero-order valence-corrected chi connectivity index (χ0v) is 84.9. The Labute approximate surface area is 840 Å². The molecule has 0 saturated carbocycles. The number of carbonyl (C=O) groups excluding carboxylic acids is 6. The van der Waals surface area contributed by atoms with Crippen molar-refractivity contribution >= 4 is 147 Å². The van der Waals surface area contributed by atoms with Gasteiger partial charge in [-0.25, -0.2) is 44.3 Å². The number of aliphatic hydroxyl groups excluding tert-OH is 4. The largest absolute Gasteiger partial charge is 0.479 e. The van der Waals surface area contributed by atoms with Gasteiger partial charge in [0.15, 0.2) is 33.9 Å². The van der Waals surface area contributed by atoms with E-state index in [1.54, 1.807) is 54.6 Å². The van der Waals surface area contributed by atoms with E-state index in [1.165, 1.54) is 0 Å². The highest BCUT2D eigenvalue weighted by atomic mass is 35.5. The van der Waals surface area contributed by atoms with Crippen LogP contribution in [-0.2, 0) is 131 Å². The van der Waals surface area contributed by atoms with Crippen LogP contribution >= 0.6 is 69.6 Å². The fourth-order valence-electron chi connectivity index (χ4n) is 14.3. The number of imide groups is 2. The number of ether oxygens (including phenoxy) is 9. The molecule has 6 aromatic rings. The molecule has 11 rings (SSSR count). The molecule has 772 valence electrons. The number of aliphatic carboxylic acids is 2. The molecule has 0 spiro atoms. The van der Waals surface area contributed by atoms with Gasteiger partial charge in [0.2, 0.25) is 43.7 Å². The number of sulfonamides is 2. The van der Waals surface area contributed by atoms with E-state index < -0.39 is 77.9 Å². The van der Waals surface area contributed by atoms with E-state index >= 15 is 0 Å². The summed E-state index contributed by atoms with van der Waals surface area (Å²) >= 11 is 38.2. The second-order valence-corrected chi connectivity index (χ2v) is 40.2. The molecule has 47 heteroatoms. The standard InChI is InChI=1S/C33H47Cl2N3O10S.C24H33Cl2N3O5S.C23H29Cl2NO4S.2C4H5NO2.C4H6O6/c1-3-45-12-4-5-30(39)31(40)32(41)33(42)36-10-13-46-15-17-48-18-16-47-14-11-37-49(43,44)25-8-6-23(7-9-25)27-21-38(2)22-28-26(27)19-24(34)20-29(28)35;1-29-16-22(21-14-19(25)15-24(26)23(21)17-29)18-2-4-20(5-3-18)35(30,31)28-7-9-33-11-13-34-12-10-32-8-6-27;1-3-29-10-11-30-9-4-12-31(27,28)19-7-5-17(6-8-19)21-15-26(2)16-22-20(21)13-18(24)14-23(22)25;2*6-3-1-2-4(7)5-3;5-1(3(7)8)2(6)4(9)10/h6-9,19-20,27,31-32,37,40-41H,3-5,10-18,21-22H2,1-2H3,(H,36,42);2-5,14-15,22,28H,6-13,16-17,27H2,1H3;5-8,13-14,21H,3-4,9-12,15-16H2,1-2H3;2*1-2H2,(H,5,6,7);1-2,5-6H,(H,7,8)(H,9,10)/t27-,31?,32?;22-;21-;;;/m000.../s1. The van der Waals surface area contributed by atoms with Crippen molar-refractivity contribution in [2.75, 3.05) is 192 Å². The fourth-order valence-corrected chi connectivity index (χ4v) is 19.3. The molecule has 7 atom stereocenters. The van der Waals surface area contributed by atoms with Crippen molar-refractivity contribution in [1.29, 1.82) is 0 Å². The molecule has 0 radical (unpaired) electrons. The number of amides is 5. The molecule has 5 heterocycles. The van der Waals surface area contributed by atoms with Gasteiger partial charge < -0.3 is 99.0 Å². The average molecular weight is 2130 g/mol. The third-order valence-electron chi connectivity index (χ3n) is 21.3. The van der Waals surface area contributed by atoms with Crippen molar-refractivity contribution < 1.29 is 137 Å². The molecule has 5 amide bonds. The van der Waals surface area contributed by atoms with Gasteiger partial charge in [0.05, 0.1) is 113 Å². The number of likely N-dealkylation sites (N-methyl/N-ethyl adjacent to an activating group) is 3. The van der Waals surface area contributed by atoms with Crippen LogP contribution in [0.3, 0.4) is 0 Å².